The molecule has 7 rings (SSSR count). The predicted octanol–water partition coefficient (Wildman–Crippen LogP) is 4.76. The zero-order valence-corrected chi connectivity index (χ0v) is 23.1. The highest BCUT2D eigenvalue weighted by Gasteiger charge is 2.32. The second-order valence-electron chi connectivity index (χ2n) is 9.83. The second kappa shape index (κ2) is 11.1. The minimum atomic E-state index is -0.660. The van der Waals surface area contributed by atoms with Crippen molar-refractivity contribution in [2.45, 2.75) is 18.9 Å². The number of benzene rings is 1. The third-order valence-electron chi connectivity index (χ3n) is 7.15. The molecule has 0 aliphatic carbocycles. The number of hydrogen-bond acceptors (Lipinski definition) is 8. The number of hydrogen-bond donors (Lipinski definition) is 1. The van der Waals surface area contributed by atoms with E-state index in [0.29, 0.717) is 29.2 Å². The van der Waals surface area contributed by atoms with E-state index in [1.54, 1.807) is 47.9 Å². The molecule has 1 fully saturated rings. The molecule has 0 spiro atoms. The number of pyridine rings is 3. The Hall–Kier alpha value is -5.05. The molecule has 0 bridgehead atoms. The molecule has 1 amide bonds. The third-order valence-corrected chi connectivity index (χ3v) is 8.17. The van der Waals surface area contributed by atoms with Crippen LogP contribution in [0, 0.1) is 17.7 Å². The van der Waals surface area contributed by atoms with Crippen LogP contribution in [0.4, 0.5) is 10.2 Å². The SMILES string of the molecule is O=C(c1ccc(-n2nnc3cccnc32)cc1F)N(c1nccc2sc(C#Cc3ccncc3)cc12)[C@@H]1CCCNC1. The topological polar surface area (TPSA) is 102 Å². The summed E-state index contributed by atoms with van der Waals surface area (Å²) in [5.74, 6) is 5.76. The van der Waals surface area contributed by atoms with Crippen molar-refractivity contribution in [2.24, 2.45) is 0 Å². The Morgan fingerprint density at radius 1 is 1.05 bits per heavy atom. The molecule has 1 saturated heterocycles. The number of rotatable bonds is 4. The Balaban J connectivity index is 1.28. The number of halogens is 1. The van der Waals surface area contributed by atoms with Gasteiger partial charge >= 0.3 is 0 Å². The van der Waals surface area contributed by atoms with E-state index in [4.69, 9.17) is 0 Å². The van der Waals surface area contributed by atoms with E-state index in [2.05, 4.69) is 42.4 Å². The lowest BCUT2D eigenvalue weighted by molar-refractivity contribution is 0.0968. The first-order valence-corrected chi connectivity index (χ1v) is 14.3. The minimum absolute atomic E-state index is 0.0477. The number of nitrogens with zero attached hydrogens (tertiary/aromatic N) is 7. The van der Waals surface area contributed by atoms with Crippen LogP contribution in [0.1, 0.15) is 33.6 Å². The van der Waals surface area contributed by atoms with E-state index in [9.17, 15) is 4.79 Å². The summed E-state index contributed by atoms with van der Waals surface area (Å²) >= 11 is 1.53. The van der Waals surface area contributed by atoms with Crippen molar-refractivity contribution >= 4 is 44.3 Å². The highest BCUT2D eigenvalue weighted by Crippen LogP contribution is 2.34. The molecule has 0 saturated carbocycles. The summed E-state index contributed by atoms with van der Waals surface area (Å²) in [6, 6.07) is 15.4. The molecule has 6 aromatic rings. The van der Waals surface area contributed by atoms with Gasteiger partial charge in [-0.2, -0.15) is 4.68 Å². The average molecular weight is 575 g/mol. The molecule has 5 aromatic heterocycles. The molecule has 0 radical (unpaired) electrons. The summed E-state index contributed by atoms with van der Waals surface area (Å²) in [5, 5.41) is 12.4. The highest BCUT2D eigenvalue weighted by molar-refractivity contribution is 7.19. The lowest BCUT2D eigenvalue weighted by Gasteiger charge is -2.34. The maximum Gasteiger partial charge on any atom is 0.262 e. The Morgan fingerprint density at radius 3 is 2.79 bits per heavy atom. The fourth-order valence-electron chi connectivity index (χ4n) is 5.14. The van der Waals surface area contributed by atoms with Gasteiger partial charge in [-0.25, -0.2) is 14.4 Å². The van der Waals surface area contributed by atoms with Gasteiger partial charge in [-0.1, -0.05) is 17.1 Å². The predicted molar refractivity (Wildman–Crippen MR) is 159 cm³/mol. The summed E-state index contributed by atoms with van der Waals surface area (Å²) in [6.45, 7) is 1.45. The van der Waals surface area contributed by atoms with Crippen LogP contribution in [0.15, 0.2) is 79.4 Å². The molecule has 1 atom stereocenters. The first-order chi connectivity index (χ1) is 20.7. The monoisotopic (exact) mass is 574 g/mol. The van der Waals surface area contributed by atoms with E-state index in [1.807, 2.05) is 24.3 Å². The molecule has 6 heterocycles. The molecule has 9 nitrogen and oxygen atoms in total. The summed E-state index contributed by atoms with van der Waals surface area (Å²) < 4.78 is 18.1. The zero-order valence-electron chi connectivity index (χ0n) is 22.2. The first kappa shape index (κ1) is 25.9. The van der Waals surface area contributed by atoms with Crippen LogP contribution in [-0.4, -0.2) is 55.0 Å². The second-order valence-corrected chi connectivity index (χ2v) is 10.9. The number of carbonyl (C=O) groups excluding carboxylic acids is 1. The van der Waals surface area contributed by atoms with Crippen molar-refractivity contribution in [3.63, 3.8) is 0 Å². The van der Waals surface area contributed by atoms with Crippen LogP contribution in [0.3, 0.4) is 0 Å². The average Bonchev–Trinajstić information content (AvgIpc) is 3.66. The summed E-state index contributed by atoms with van der Waals surface area (Å²) in [5.41, 5.74) is 2.33. The largest absolute Gasteiger partial charge is 0.315 e. The van der Waals surface area contributed by atoms with Crippen LogP contribution in [-0.2, 0) is 0 Å². The van der Waals surface area contributed by atoms with Crippen molar-refractivity contribution in [1.82, 2.24) is 35.3 Å². The van der Waals surface area contributed by atoms with Crippen molar-refractivity contribution in [2.75, 3.05) is 18.0 Å². The van der Waals surface area contributed by atoms with Gasteiger partial charge in [0.25, 0.3) is 5.91 Å². The normalized spacial score (nSPS) is 14.9. The number of anilines is 1. The van der Waals surface area contributed by atoms with Gasteiger partial charge in [0.2, 0.25) is 0 Å². The number of aromatic nitrogens is 6. The van der Waals surface area contributed by atoms with Crippen molar-refractivity contribution in [3.8, 4) is 17.5 Å². The van der Waals surface area contributed by atoms with Crippen LogP contribution in [0.5, 0.6) is 0 Å². The number of carbonyl (C=O) groups is 1. The number of thiophene rings is 1. The lowest BCUT2D eigenvalue weighted by Crippen LogP contribution is -2.49. The van der Waals surface area contributed by atoms with E-state index < -0.39 is 11.7 Å². The highest BCUT2D eigenvalue weighted by atomic mass is 32.1. The van der Waals surface area contributed by atoms with Crippen LogP contribution in [0.25, 0.3) is 26.9 Å². The molecule has 1 N–H and O–H groups in total. The summed E-state index contributed by atoms with van der Waals surface area (Å²) in [4.78, 5) is 29.7. The quantitative estimate of drug-likeness (QED) is 0.303. The lowest BCUT2D eigenvalue weighted by atomic mass is 10.0. The molecule has 206 valence electrons. The fraction of sp³-hybridized carbons (Fsp3) is 0.161. The first-order valence-electron chi connectivity index (χ1n) is 13.5. The van der Waals surface area contributed by atoms with Crippen LogP contribution >= 0.6 is 11.3 Å². The third kappa shape index (κ3) is 4.87. The summed E-state index contributed by atoms with van der Waals surface area (Å²) in [6.07, 6.45) is 8.38. The van der Waals surface area contributed by atoms with Crippen LogP contribution in [0.2, 0.25) is 0 Å². The van der Waals surface area contributed by atoms with Gasteiger partial charge in [-0.3, -0.25) is 14.7 Å². The van der Waals surface area contributed by atoms with E-state index in [0.717, 1.165) is 39.9 Å². The number of fused-ring (bicyclic) bond motifs is 2. The van der Waals surface area contributed by atoms with Gasteiger partial charge < -0.3 is 5.32 Å². The molecule has 1 aliphatic heterocycles. The smallest absolute Gasteiger partial charge is 0.262 e. The van der Waals surface area contributed by atoms with Crippen molar-refractivity contribution < 1.29 is 9.18 Å². The van der Waals surface area contributed by atoms with Gasteiger partial charge in [-0.05, 0) is 67.9 Å². The van der Waals surface area contributed by atoms with Gasteiger partial charge in [0.1, 0.15) is 17.2 Å². The van der Waals surface area contributed by atoms with Gasteiger partial charge in [0.15, 0.2) is 5.65 Å². The number of amides is 1. The van der Waals surface area contributed by atoms with Crippen molar-refractivity contribution in [3.05, 3.63) is 101 Å². The molecule has 1 aliphatic rings. The molecule has 0 unspecified atom stereocenters. The Labute approximate surface area is 244 Å². The Morgan fingerprint density at radius 2 is 1.95 bits per heavy atom. The Kier molecular flexibility index (Phi) is 6.83. The van der Waals surface area contributed by atoms with Gasteiger partial charge in [0.05, 0.1) is 22.2 Å². The number of nitrogens with one attached hydrogen (secondary N) is 1. The van der Waals surface area contributed by atoms with E-state index >= 15 is 4.39 Å². The van der Waals surface area contributed by atoms with Gasteiger partial charge in [0, 0.05) is 53.0 Å². The summed E-state index contributed by atoms with van der Waals surface area (Å²) in [7, 11) is 0. The Bertz CT molecular complexity index is 1990. The molecular weight excluding hydrogens is 551 g/mol. The standard InChI is InChI=1S/C31H23FN8OS/c32-26-17-21(40-30-27(37-38-40)4-2-13-35-30)6-8-24(26)31(41)39(22-3-1-12-34-19-22)29-25-18-23(42-28(25)11-16-36-29)7-5-20-9-14-33-15-10-20/h2,4,6,8-11,13-18,22,34H,1,3,12,19H2/t22-/m1/s1. The molecule has 42 heavy (non-hydrogen) atoms. The maximum absolute atomic E-state index is 15.7. The molecular formula is C31H23FN8OS. The van der Waals surface area contributed by atoms with E-state index in [-0.39, 0.29) is 11.6 Å². The van der Waals surface area contributed by atoms with E-state index in [1.165, 1.54) is 28.2 Å². The zero-order chi connectivity index (χ0) is 28.5. The van der Waals surface area contributed by atoms with Crippen molar-refractivity contribution in [1.29, 1.82) is 0 Å². The minimum Gasteiger partial charge on any atom is -0.315 e. The van der Waals surface area contributed by atoms with Gasteiger partial charge in [-0.15, -0.1) is 16.4 Å². The van der Waals surface area contributed by atoms with Crippen LogP contribution < -0.4 is 10.2 Å². The maximum atomic E-state index is 15.7. The molecule has 1 aromatic carbocycles. The fourth-order valence-corrected chi connectivity index (χ4v) is 6.04. The molecule has 11 heteroatoms. The number of piperidine rings is 1.